The number of hydrogen-bond donors (Lipinski definition) is 2. The molecule has 0 saturated carbocycles. The first kappa shape index (κ1) is 13.9. The topological polar surface area (TPSA) is 63.0 Å². The molecule has 3 aromatic rings. The van der Waals surface area contributed by atoms with Gasteiger partial charge in [0.1, 0.15) is 11.0 Å². The minimum atomic E-state index is -0.567. The fourth-order valence-electron chi connectivity index (χ4n) is 1.99. The molecule has 0 aliphatic rings. The first-order chi connectivity index (χ1) is 10.3. The largest absolute Gasteiger partial charge is 0.390 e. The molecule has 0 amide bonds. The van der Waals surface area contributed by atoms with Crippen molar-refractivity contribution >= 4 is 28.3 Å². The molecule has 21 heavy (non-hydrogen) atoms. The monoisotopic (exact) mass is 302 g/mol. The minimum Gasteiger partial charge on any atom is -0.390 e. The van der Waals surface area contributed by atoms with Crippen molar-refractivity contribution in [2.24, 2.45) is 0 Å². The van der Waals surface area contributed by atoms with E-state index in [0.717, 1.165) is 22.4 Å². The quantitative estimate of drug-likeness (QED) is 0.711. The summed E-state index contributed by atoms with van der Waals surface area (Å²) in [7, 11) is 0. The third-order valence-corrected chi connectivity index (χ3v) is 3.44. The lowest BCUT2D eigenvalue weighted by molar-refractivity contribution is 0.211. The van der Waals surface area contributed by atoms with Crippen molar-refractivity contribution in [2.75, 3.05) is 17.7 Å². The molecule has 1 atom stereocenters. The molecule has 0 aliphatic carbocycles. The Bertz CT molecular complexity index is 729. The summed E-state index contributed by atoms with van der Waals surface area (Å²) in [4.78, 5) is 1.61. The number of para-hydroxylation sites is 1. The van der Waals surface area contributed by atoms with E-state index in [1.807, 2.05) is 48.5 Å². The lowest BCUT2D eigenvalue weighted by Gasteiger charge is -2.09. The lowest BCUT2D eigenvalue weighted by Crippen LogP contribution is -2.20. The second-order valence-electron chi connectivity index (χ2n) is 4.72. The normalized spacial score (nSPS) is 12.5. The molecule has 1 aromatic heterocycles. The molecule has 0 fully saturated rings. The van der Waals surface area contributed by atoms with Gasteiger partial charge in [-0.1, -0.05) is 18.2 Å². The molecule has 2 aromatic carbocycles. The number of anilines is 1. The van der Waals surface area contributed by atoms with Gasteiger partial charge in [-0.15, -0.1) is 21.8 Å². The van der Waals surface area contributed by atoms with E-state index in [-0.39, 0.29) is 5.88 Å². The highest BCUT2D eigenvalue weighted by atomic mass is 35.5. The lowest BCUT2D eigenvalue weighted by atomic mass is 10.2. The van der Waals surface area contributed by atoms with Crippen LogP contribution in [0.4, 0.5) is 5.69 Å². The van der Waals surface area contributed by atoms with E-state index in [2.05, 4.69) is 15.5 Å². The van der Waals surface area contributed by atoms with Crippen LogP contribution in [-0.2, 0) is 0 Å². The summed E-state index contributed by atoms with van der Waals surface area (Å²) in [6.07, 6.45) is -0.567. The first-order valence-corrected chi connectivity index (χ1v) is 7.20. The van der Waals surface area contributed by atoms with Gasteiger partial charge < -0.3 is 10.4 Å². The van der Waals surface area contributed by atoms with Crippen molar-refractivity contribution in [1.29, 1.82) is 0 Å². The first-order valence-electron chi connectivity index (χ1n) is 6.67. The summed E-state index contributed by atoms with van der Waals surface area (Å²) in [5.74, 6) is 0.208. The Hall–Kier alpha value is -2.11. The van der Waals surface area contributed by atoms with Crippen LogP contribution in [0.3, 0.4) is 0 Å². The zero-order valence-electron chi connectivity index (χ0n) is 11.3. The highest BCUT2D eigenvalue weighted by molar-refractivity contribution is 6.18. The molecule has 0 bridgehead atoms. The number of aliphatic hydroxyl groups is 1. The second kappa shape index (κ2) is 6.11. The SMILES string of the molecule is OC(CCl)CNc1ccc2nn(-c3ccccc3)nc2c1. The van der Waals surface area contributed by atoms with Gasteiger partial charge in [0.2, 0.25) is 0 Å². The van der Waals surface area contributed by atoms with E-state index in [1.165, 1.54) is 0 Å². The number of benzene rings is 2. The van der Waals surface area contributed by atoms with Crippen LogP contribution >= 0.6 is 11.6 Å². The van der Waals surface area contributed by atoms with Gasteiger partial charge in [-0.2, -0.15) is 4.80 Å². The van der Waals surface area contributed by atoms with E-state index < -0.39 is 6.10 Å². The van der Waals surface area contributed by atoms with Gasteiger partial charge in [0, 0.05) is 12.2 Å². The zero-order chi connectivity index (χ0) is 14.7. The van der Waals surface area contributed by atoms with Gasteiger partial charge in [0.25, 0.3) is 0 Å². The Balaban J connectivity index is 1.85. The summed E-state index contributed by atoms with van der Waals surface area (Å²) in [6, 6.07) is 15.5. The van der Waals surface area contributed by atoms with Crippen molar-refractivity contribution in [3.05, 3.63) is 48.5 Å². The van der Waals surface area contributed by atoms with E-state index in [1.54, 1.807) is 4.80 Å². The number of aromatic nitrogens is 3. The fourth-order valence-corrected chi connectivity index (χ4v) is 2.10. The molecule has 0 aliphatic heterocycles. The number of nitrogens with zero attached hydrogens (tertiary/aromatic N) is 3. The van der Waals surface area contributed by atoms with E-state index in [9.17, 15) is 5.11 Å². The van der Waals surface area contributed by atoms with Crippen molar-refractivity contribution < 1.29 is 5.11 Å². The van der Waals surface area contributed by atoms with Gasteiger partial charge in [-0.25, -0.2) is 0 Å². The summed E-state index contributed by atoms with van der Waals surface area (Å²) in [5, 5.41) is 21.5. The number of alkyl halides is 1. The molecular formula is C15H15ClN4O. The minimum absolute atomic E-state index is 0.208. The van der Waals surface area contributed by atoms with Crippen LogP contribution in [0.1, 0.15) is 0 Å². The van der Waals surface area contributed by atoms with E-state index in [4.69, 9.17) is 11.6 Å². The van der Waals surface area contributed by atoms with Gasteiger partial charge >= 0.3 is 0 Å². The molecular weight excluding hydrogens is 288 g/mol. The number of fused-ring (bicyclic) bond motifs is 1. The Morgan fingerprint density at radius 3 is 2.62 bits per heavy atom. The smallest absolute Gasteiger partial charge is 0.115 e. The molecule has 5 nitrogen and oxygen atoms in total. The summed E-state index contributed by atoms with van der Waals surface area (Å²) in [5.41, 5.74) is 3.42. The highest BCUT2D eigenvalue weighted by Crippen LogP contribution is 2.17. The Morgan fingerprint density at radius 2 is 1.86 bits per heavy atom. The standard InChI is InChI=1S/C15H15ClN4O/c16-9-13(21)10-17-11-6-7-14-15(8-11)19-20(18-14)12-4-2-1-3-5-12/h1-8,13,17,21H,9-10H2. The predicted octanol–water partition coefficient (Wildman–Crippen LogP) is 2.43. The van der Waals surface area contributed by atoms with Crippen LogP contribution in [0.2, 0.25) is 0 Å². The van der Waals surface area contributed by atoms with Crippen molar-refractivity contribution in [2.45, 2.75) is 6.10 Å². The fraction of sp³-hybridized carbons (Fsp3) is 0.200. The molecule has 6 heteroatoms. The average molecular weight is 303 g/mol. The van der Waals surface area contributed by atoms with Gasteiger partial charge in [-0.3, -0.25) is 0 Å². The third-order valence-electron chi connectivity index (χ3n) is 3.09. The second-order valence-corrected chi connectivity index (χ2v) is 5.03. The number of aliphatic hydroxyl groups excluding tert-OH is 1. The molecule has 1 unspecified atom stereocenters. The molecule has 0 radical (unpaired) electrons. The Morgan fingerprint density at radius 1 is 1.10 bits per heavy atom. The van der Waals surface area contributed by atoms with Crippen LogP contribution in [0.5, 0.6) is 0 Å². The number of rotatable bonds is 5. The van der Waals surface area contributed by atoms with Crippen LogP contribution in [0, 0.1) is 0 Å². The third kappa shape index (κ3) is 3.15. The summed E-state index contributed by atoms with van der Waals surface area (Å²) in [6.45, 7) is 0.405. The molecule has 0 saturated heterocycles. The van der Waals surface area contributed by atoms with Crippen LogP contribution in [0.15, 0.2) is 48.5 Å². The van der Waals surface area contributed by atoms with E-state index >= 15 is 0 Å². The maximum Gasteiger partial charge on any atom is 0.115 e. The van der Waals surface area contributed by atoms with Crippen LogP contribution in [-0.4, -0.2) is 38.6 Å². The summed E-state index contributed by atoms with van der Waals surface area (Å²) >= 11 is 5.57. The Labute approximate surface area is 127 Å². The average Bonchev–Trinajstić information content (AvgIpc) is 2.96. The van der Waals surface area contributed by atoms with Gasteiger partial charge in [0.15, 0.2) is 0 Å². The molecule has 3 rings (SSSR count). The molecule has 108 valence electrons. The molecule has 1 heterocycles. The number of halogens is 1. The molecule has 0 spiro atoms. The Kier molecular flexibility index (Phi) is 4.03. The van der Waals surface area contributed by atoms with E-state index in [0.29, 0.717) is 6.54 Å². The van der Waals surface area contributed by atoms with Crippen molar-refractivity contribution in [1.82, 2.24) is 15.0 Å². The zero-order valence-corrected chi connectivity index (χ0v) is 12.0. The van der Waals surface area contributed by atoms with Crippen molar-refractivity contribution in [3.63, 3.8) is 0 Å². The predicted molar refractivity (Wildman–Crippen MR) is 84.1 cm³/mol. The number of nitrogens with one attached hydrogen (secondary N) is 1. The summed E-state index contributed by atoms with van der Waals surface area (Å²) < 4.78 is 0. The van der Waals surface area contributed by atoms with Gasteiger partial charge in [0.05, 0.1) is 17.7 Å². The van der Waals surface area contributed by atoms with Crippen molar-refractivity contribution in [3.8, 4) is 5.69 Å². The number of hydrogen-bond acceptors (Lipinski definition) is 4. The van der Waals surface area contributed by atoms with Gasteiger partial charge in [-0.05, 0) is 30.3 Å². The molecule has 2 N–H and O–H groups in total. The highest BCUT2D eigenvalue weighted by Gasteiger charge is 2.06. The maximum absolute atomic E-state index is 9.46. The van der Waals surface area contributed by atoms with Crippen LogP contribution in [0.25, 0.3) is 16.7 Å². The van der Waals surface area contributed by atoms with Crippen LogP contribution < -0.4 is 5.32 Å². The maximum atomic E-state index is 9.46.